The zero-order valence-corrected chi connectivity index (χ0v) is 15.4. The molecule has 0 saturated heterocycles. The van der Waals surface area contributed by atoms with Crippen LogP contribution < -0.4 is 0 Å². The van der Waals surface area contributed by atoms with E-state index in [1.54, 1.807) is 61.2 Å². The minimum absolute atomic E-state index is 0.00445. The van der Waals surface area contributed by atoms with E-state index in [0.29, 0.717) is 32.7 Å². The van der Waals surface area contributed by atoms with E-state index in [0.717, 1.165) is 0 Å². The number of halogens is 3. The number of alkyl halides is 3. The maximum absolute atomic E-state index is 12.7. The summed E-state index contributed by atoms with van der Waals surface area (Å²) in [6.07, 6.45) is 1.75. The largest absolute Gasteiger partial charge is 0.458 e. The molecule has 0 N–H and O–H groups in total. The number of pyridine rings is 2. The lowest BCUT2D eigenvalue weighted by molar-refractivity contribution is -0.0696. The molecule has 0 amide bonds. The number of aromatic nitrogens is 5. The zero-order valence-electron chi connectivity index (χ0n) is 14.6. The summed E-state index contributed by atoms with van der Waals surface area (Å²) in [6, 6.07) is 10.3. The van der Waals surface area contributed by atoms with Gasteiger partial charge < -0.3 is 0 Å². The quantitative estimate of drug-likeness (QED) is 0.462. The summed E-state index contributed by atoms with van der Waals surface area (Å²) in [5.74, 6) is 3.83. The van der Waals surface area contributed by atoms with E-state index < -0.39 is 6.18 Å². The summed E-state index contributed by atoms with van der Waals surface area (Å²) in [5.41, 5.74) is 1.62. The van der Waals surface area contributed by atoms with Gasteiger partial charge in [-0.15, -0.1) is 11.3 Å². The van der Waals surface area contributed by atoms with Gasteiger partial charge in [0.1, 0.15) is 16.4 Å². The molecule has 0 aliphatic carbocycles. The van der Waals surface area contributed by atoms with Gasteiger partial charge in [0.15, 0.2) is 5.82 Å². The first-order valence-electron chi connectivity index (χ1n) is 8.25. The third kappa shape index (κ3) is 4.44. The van der Waals surface area contributed by atoms with Crippen molar-refractivity contribution in [2.45, 2.75) is 6.18 Å². The summed E-state index contributed by atoms with van der Waals surface area (Å²) in [6.45, 7) is 0. The number of rotatable bonds is 3. The molecule has 0 aromatic carbocycles. The van der Waals surface area contributed by atoms with E-state index in [2.05, 4.69) is 30.8 Å². The Morgan fingerprint density at radius 2 is 1.66 bits per heavy atom. The molecule has 4 aromatic heterocycles. The van der Waals surface area contributed by atoms with E-state index in [-0.39, 0.29) is 5.69 Å². The van der Waals surface area contributed by atoms with Crippen LogP contribution in [0, 0.1) is 11.8 Å². The molecule has 4 aromatic rings. The number of hydrogen-bond donors (Lipinski definition) is 0. The average Bonchev–Trinajstić information content (AvgIpc) is 3.18. The summed E-state index contributed by atoms with van der Waals surface area (Å²) in [4.78, 5) is 21.6. The Bertz CT molecular complexity index is 1200. The molecule has 4 rings (SSSR count). The maximum Gasteiger partial charge on any atom is 0.458 e. The van der Waals surface area contributed by atoms with Crippen LogP contribution in [0.4, 0.5) is 13.2 Å². The molecular formula is C20H10F3N5S. The van der Waals surface area contributed by atoms with Crippen LogP contribution in [0.15, 0.2) is 61.2 Å². The van der Waals surface area contributed by atoms with Crippen molar-refractivity contribution in [2.24, 2.45) is 0 Å². The fourth-order valence-corrected chi connectivity index (χ4v) is 3.42. The van der Waals surface area contributed by atoms with Crippen LogP contribution in [-0.4, -0.2) is 31.1 Å². The van der Waals surface area contributed by atoms with Gasteiger partial charge in [0.25, 0.3) is 0 Å². The first-order chi connectivity index (χ1) is 14.0. The highest BCUT2D eigenvalue weighted by Gasteiger charge is 2.24. The second kappa shape index (κ2) is 7.77. The van der Waals surface area contributed by atoms with Gasteiger partial charge in [-0.05, 0) is 36.3 Å². The highest BCUT2D eigenvalue weighted by Crippen LogP contribution is 2.35. The third-order valence-electron chi connectivity index (χ3n) is 3.63. The molecule has 0 spiro atoms. The van der Waals surface area contributed by atoms with Gasteiger partial charge in [-0.1, -0.05) is 6.07 Å². The second-order valence-electron chi connectivity index (χ2n) is 5.67. The smallest absolute Gasteiger partial charge is 0.264 e. The van der Waals surface area contributed by atoms with Crippen LogP contribution in [0.5, 0.6) is 0 Å². The lowest BCUT2D eigenvalue weighted by Crippen LogP contribution is -2.01. The molecule has 0 saturated carbocycles. The van der Waals surface area contributed by atoms with Gasteiger partial charge >= 0.3 is 6.18 Å². The van der Waals surface area contributed by atoms with Crippen molar-refractivity contribution in [1.29, 1.82) is 0 Å². The van der Waals surface area contributed by atoms with Gasteiger partial charge in [0.2, 0.25) is 0 Å². The Kier molecular flexibility index (Phi) is 5.01. The molecule has 9 heteroatoms. The molecule has 0 bridgehead atoms. The number of hydrogen-bond acceptors (Lipinski definition) is 6. The van der Waals surface area contributed by atoms with Crippen molar-refractivity contribution in [2.75, 3.05) is 0 Å². The molecule has 29 heavy (non-hydrogen) atoms. The predicted molar refractivity (Wildman–Crippen MR) is 103 cm³/mol. The average molecular weight is 409 g/mol. The fourth-order valence-electron chi connectivity index (χ4n) is 2.44. The SMILES string of the molecule is FC(F)(F)C#Cc1nc(-c2cccnc2)sc1-c1cccc(-c2ncccn2)n1. The van der Waals surface area contributed by atoms with Gasteiger partial charge in [-0.2, -0.15) is 13.2 Å². The second-order valence-corrected chi connectivity index (χ2v) is 6.67. The highest BCUT2D eigenvalue weighted by molar-refractivity contribution is 7.18. The topological polar surface area (TPSA) is 64.5 Å². The molecule has 0 aliphatic heterocycles. The Morgan fingerprint density at radius 1 is 0.862 bits per heavy atom. The molecular weight excluding hydrogens is 399 g/mol. The van der Waals surface area contributed by atoms with Gasteiger partial charge in [0.05, 0.1) is 10.6 Å². The van der Waals surface area contributed by atoms with Crippen LogP contribution in [0.1, 0.15) is 5.69 Å². The third-order valence-corrected chi connectivity index (χ3v) is 4.76. The fraction of sp³-hybridized carbons (Fsp3) is 0.0500. The maximum atomic E-state index is 12.7. The highest BCUT2D eigenvalue weighted by atomic mass is 32.1. The lowest BCUT2D eigenvalue weighted by atomic mass is 10.2. The Hall–Kier alpha value is -3.64. The molecule has 0 unspecified atom stereocenters. The van der Waals surface area contributed by atoms with Crippen molar-refractivity contribution in [3.63, 3.8) is 0 Å². The number of thiazole rings is 1. The Balaban J connectivity index is 1.84. The summed E-state index contributed by atoms with van der Waals surface area (Å²) >= 11 is 1.20. The van der Waals surface area contributed by atoms with Crippen LogP contribution >= 0.6 is 11.3 Å². The zero-order chi connectivity index (χ0) is 20.3. The van der Waals surface area contributed by atoms with Crippen molar-refractivity contribution >= 4 is 11.3 Å². The molecule has 0 fully saturated rings. The van der Waals surface area contributed by atoms with Crippen molar-refractivity contribution < 1.29 is 13.2 Å². The van der Waals surface area contributed by atoms with Crippen molar-refractivity contribution in [1.82, 2.24) is 24.9 Å². The van der Waals surface area contributed by atoms with Gasteiger partial charge in [-0.3, -0.25) is 4.98 Å². The van der Waals surface area contributed by atoms with E-state index in [1.165, 1.54) is 17.3 Å². The first kappa shape index (κ1) is 18.7. The molecule has 0 atom stereocenters. The van der Waals surface area contributed by atoms with Crippen LogP contribution in [-0.2, 0) is 0 Å². The van der Waals surface area contributed by atoms with E-state index in [4.69, 9.17) is 0 Å². The normalized spacial score (nSPS) is 11.0. The predicted octanol–water partition coefficient (Wildman–Crippen LogP) is 4.64. The Morgan fingerprint density at radius 3 is 2.38 bits per heavy atom. The van der Waals surface area contributed by atoms with Crippen LogP contribution in [0.2, 0.25) is 0 Å². The summed E-state index contributed by atoms with van der Waals surface area (Å²) < 4.78 is 38.0. The summed E-state index contributed by atoms with van der Waals surface area (Å²) in [7, 11) is 0. The molecule has 0 aliphatic rings. The molecule has 0 radical (unpaired) electrons. The molecule has 142 valence electrons. The summed E-state index contributed by atoms with van der Waals surface area (Å²) in [5, 5.41) is 0.503. The van der Waals surface area contributed by atoms with Crippen molar-refractivity contribution in [3.05, 3.63) is 66.9 Å². The van der Waals surface area contributed by atoms with Crippen molar-refractivity contribution in [3.8, 4) is 44.5 Å². The van der Waals surface area contributed by atoms with Gasteiger partial charge in [0, 0.05) is 36.3 Å². The minimum Gasteiger partial charge on any atom is -0.264 e. The minimum atomic E-state index is -4.62. The Labute approximate surface area is 167 Å². The first-order valence-corrected chi connectivity index (χ1v) is 9.07. The molecule has 5 nitrogen and oxygen atoms in total. The van der Waals surface area contributed by atoms with Crippen LogP contribution in [0.25, 0.3) is 32.7 Å². The van der Waals surface area contributed by atoms with E-state index in [9.17, 15) is 13.2 Å². The molecule has 4 heterocycles. The van der Waals surface area contributed by atoms with Crippen LogP contribution in [0.3, 0.4) is 0 Å². The van der Waals surface area contributed by atoms with E-state index in [1.807, 2.05) is 0 Å². The van der Waals surface area contributed by atoms with Gasteiger partial charge in [-0.25, -0.2) is 19.9 Å². The lowest BCUT2D eigenvalue weighted by Gasteiger charge is -2.02. The number of nitrogens with zero attached hydrogens (tertiary/aromatic N) is 5. The van der Waals surface area contributed by atoms with E-state index >= 15 is 0 Å². The standard InChI is InChI=1S/C20H10F3N5S/c21-20(22,23)8-7-15-17(29-19(28-15)13-4-2-9-24-12-13)14-5-1-6-16(27-14)18-25-10-3-11-26-18/h1-6,9-12H. The monoisotopic (exact) mass is 409 g/mol.